The van der Waals surface area contributed by atoms with Crippen molar-refractivity contribution in [1.29, 1.82) is 0 Å². The quantitative estimate of drug-likeness (QED) is 0.325. The maximum Gasteiger partial charge on any atom is 0.251 e. The first-order chi connectivity index (χ1) is 14.2. The number of amides is 1. The lowest BCUT2D eigenvalue weighted by molar-refractivity contribution is 0.0954. The van der Waals surface area contributed by atoms with Gasteiger partial charge in [-0.2, -0.15) is 0 Å². The zero-order chi connectivity index (χ0) is 20.9. The molecule has 0 radical (unpaired) electrons. The number of carbonyl (C=O) groups excluding carboxylic acids is 1. The van der Waals surface area contributed by atoms with Crippen molar-refractivity contribution in [2.45, 2.75) is 13.3 Å². The minimum absolute atomic E-state index is 0.115. The fourth-order valence-corrected chi connectivity index (χ4v) is 2.63. The Morgan fingerprint density at radius 2 is 1.45 bits per heavy atom. The molecule has 156 valence electrons. The van der Waals surface area contributed by atoms with E-state index in [2.05, 4.69) is 20.9 Å². The molecule has 0 bridgehead atoms. The van der Waals surface area contributed by atoms with Crippen LogP contribution in [0.2, 0.25) is 0 Å². The van der Waals surface area contributed by atoms with Crippen LogP contribution in [0.1, 0.15) is 22.8 Å². The van der Waals surface area contributed by atoms with Crippen molar-refractivity contribution in [1.82, 2.24) is 16.0 Å². The summed E-state index contributed by atoms with van der Waals surface area (Å²) in [5, 5.41) is 9.34. The van der Waals surface area contributed by atoms with Gasteiger partial charge in [-0.15, -0.1) is 0 Å². The summed E-state index contributed by atoms with van der Waals surface area (Å²) in [4.78, 5) is 16.7. The average molecular weight is 399 g/mol. The van der Waals surface area contributed by atoms with Gasteiger partial charge in [-0.3, -0.25) is 9.79 Å². The minimum atomic E-state index is -0.115. The van der Waals surface area contributed by atoms with Crippen molar-refractivity contribution in [2.75, 3.05) is 40.4 Å². The van der Waals surface area contributed by atoms with Crippen molar-refractivity contribution >= 4 is 11.9 Å². The van der Waals surface area contributed by atoms with Gasteiger partial charge in [-0.1, -0.05) is 12.1 Å². The number of hydrogen-bond donors (Lipinski definition) is 3. The van der Waals surface area contributed by atoms with E-state index < -0.39 is 0 Å². The first-order valence-electron chi connectivity index (χ1n) is 9.73. The molecule has 1 amide bonds. The van der Waals surface area contributed by atoms with Crippen LogP contribution in [-0.4, -0.2) is 52.3 Å². The Labute approximate surface area is 172 Å². The van der Waals surface area contributed by atoms with Crippen LogP contribution in [0.5, 0.6) is 11.5 Å². The first-order valence-corrected chi connectivity index (χ1v) is 9.73. The molecule has 0 aliphatic rings. The molecule has 0 aliphatic carbocycles. The monoisotopic (exact) mass is 398 g/mol. The van der Waals surface area contributed by atoms with Gasteiger partial charge in [0, 0.05) is 31.7 Å². The van der Waals surface area contributed by atoms with Crippen molar-refractivity contribution < 1.29 is 14.3 Å². The molecule has 0 aliphatic heterocycles. The van der Waals surface area contributed by atoms with E-state index in [0.29, 0.717) is 25.2 Å². The van der Waals surface area contributed by atoms with Gasteiger partial charge in [0.2, 0.25) is 0 Å². The molecule has 29 heavy (non-hydrogen) atoms. The largest absolute Gasteiger partial charge is 0.497 e. The van der Waals surface area contributed by atoms with Gasteiger partial charge >= 0.3 is 0 Å². The number of nitrogens with one attached hydrogen (secondary N) is 3. The van der Waals surface area contributed by atoms with Crippen LogP contribution in [-0.2, 0) is 6.42 Å². The van der Waals surface area contributed by atoms with Crippen molar-refractivity contribution in [3.05, 3.63) is 59.7 Å². The highest BCUT2D eigenvalue weighted by molar-refractivity contribution is 5.94. The van der Waals surface area contributed by atoms with E-state index in [4.69, 9.17) is 9.47 Å². The van der Waals surface area contributed by atoms with Gasteiger partial charge in [0.15, 0.2) is 5.96 Å². The number of guanidine groups is 1. The lowest BCUT2D eigenvalue weighted by Crippen LogP contribution is -2.41. The van der Waals surface area contributed by atoms with E-state index in [9.17, 15) is 4.79 Å². The van der Waals surface area contributed by atoms with Crippen LogP contribution in [0, 0.1) is 0 Å². The zero-order valence-corrected chi connectivity index (χ0v) is 17.3. The molecule has 2 aromatic carbocycles. The summed E-state index contributed by atoms with van der Waals surface area (Å²) in [6.45, 7) is 4.53. The number of rotatable bonds is 10. The van der Waals surface area contributed by atoms with Crippen LogP contribution < -0.4 is 25.4 Å². The van der Waals surface area contributed by atoms with Gasteiger partial charge in [0.25, 0.3) is 5.91 Å². The van der Waals surface area contributed by atoms with Gasteiger partial charge in [0.1, 0.15) is 11.5 Å². The zero-order valence-electron chi connectivity index (χ0n) is 17.3. The third-order valence-electron chi connectivity index (χ3n) is 4.23. The summed E-state index contributed by atoms with van der Waals surface area (Å²) in [5.41, 5.74) is 1.81. The Balaban J connectivity index is 1.74. The number of aliphatic imine (C=N–C) groups is 1. The standard InChI is InChI=1S/C22H30N4O3/c1-4-23-22(25-14-13-17-5-9-19(28-2)10-6-17)26-16-15-24-21(27)18-7-11-20(29-3)12-8-18/h5-12H,4,13-16H2,1-3H3,(H,24,27)(H2,23,25,26). The third-order valence-corrected chi connectivity index (χ3v) is 4.23. The Morgan fingerprint density at radius 1 is 0.862 bits per heavy atom. The van der Waals surface area contributed by atoms with E-state index in [0.717, 1.165) is 30.4 Å². The van der Waals surface area contributed by atoms with E-state index >= 15 is 0 Å². The highest BCUT2D eigenvalue weighted by Crippen LogP contribution is 2.12. The predicted octanol–water partition coefficient (Wildman–Crippen LogP) is 2.23. The van der Waals surface area contributed by atoms with E-state index in [1.807, 2.05) is 31.2 Å². The van der Waals surface area contributed by atoms with E-state index in [-0.39, 0.29) is 5.91 Å². The molecule has 2 aromatic rings. The fraction of sp³-hybridized carbons (Fsp3) is 0.364. The second-order valence-electron chi connectivity index (χ2n) is 6.27. The molecule has 0 spiro atoms. The Kier molecular flexibility index (Phi) is 9.35. The molecular weight excluding hydrogens is 368 g/mol. The van der Waals surface area contributed by atoms with Crippen LogP contribution in [0.25, 0.3) is 0 Å². The third kappa shape index (κ3) is 7.73. The van der Waals surface area contributed by atoms with Crippen molar-refractivity contribution in [2.24, 2.45) is 4.99 Å². The van der Waals surface area contributed by atoms with E-state index in [1.54, 1.807) is 38.5 Å². The normalized spacial score (nSPS) is 10.9. The lowest BCUT2D eigenvalue weighted by atomic mass is 10.1. The molecule has 7 nitrogen and oxygen atoms in total. The van der Waals surface area contributed by atoms with Gasteiger partial charge in [-0.05, 0) is 55.3 Å². The van der Waals surface area contributed by atoms with Crippen LogP contribution in [0.4, 0.5) is 0 Å². The van der Waals surface area contributed by atoms with Gasteiger partial charge in [-0.25, -0.2) is 0 Å². The van der Waals surface area contributed by atoms with Crippen molar-refractivity contribution in [3.63, 3.8) is 0 Å². The van der Waals surface area contributed by atoms with Crippen LogP contribution in [0.15, 0.2) is 53.5 Å². The van der Waals surface area contributed by atoms with E-state index in [1.165, 1.54) is 5.56 Å². The highest BCUT2D eigenvalue weighted by Gasteiger charge is 2.05. The first kappa shape index (κ1) is 22.1. The maximum absolute atomic E-state index is 12.2. The fourth-order valence-electron chi connectivity index (χ4n) is 2.63. The molecule has 0 unspecified atom stereocenters. The smallest absolute Gasteiger partial charge is 0.251 e. The SMILES string of the molecule is CCNC(=NCCc1ccc(OC)cc1)NCCNC(=O)c1ccc(OC)cc1. The molecule has 0 saturated heterocycles. The van der Waals surface area contributed by atoms with Gasteiger partial charge < -0.3 is 25.4 Å². The summed E-state index contributed by atoms with van der Waals surface area (Å²) in [6, 6.07) is 15.0. The molecule has 0 heterocycles. The second kappa shape index (κ2) is 12.3. The number of hydrogen-bond acceptors (Lipinski definition) is 4. The lowest BCUT2D eigenvalue weighted by Gasteiger charge is -2.12. The Hall–Kier alpha value is -3.22. The minimum Gasteiger partial charge on any atom is -0.497 e. The molecule has 7 heteroatoms. The highest BCUT2D eigenvalue weighted by atomic mass is 16.5. The summed E-state index contributed by atoms with van der Waals surface area (Å²) in [6.07, 6.45) is 0.842. The molecule has 0 saturated carbocycles. The number of nitrogens with zero attached hydrogens (tertiary/aromatic N) is 1. The molecular formula is C22H30N4O3. The van der Waals surface area contributed by atoms with Crippen LogP contribution in [0.3, 0.4) is 0 Å². The molecule has 0 fully saturated rings. The summed E-state index contributed by atoms with van der Waals surface area (Å²) in [5.74, 6) is 2.20. The number of methoxy groups -OCH3 is 2. The Bertz CT molecular complexity index is 774. The topological polar surface area (TPSA) is 84.0 Å². The second-order valence-corrected chi connectivity index (χ2v) is 6.27. The Morgan fingerprint density at radius 3 is 2.03 bits per heavy atom. The molecule has 0 aromatic heterocycles. The number of benzene rings is 2. The number of ether oxygens (including phenoxy) is 2. The van der Waals surface area contributed by atoms with Gasteiger partial charge in [0.05, 0.1) is 14.2 Å². The summed E-state index contributed by atoms with van der Waals surface area (Å²) < 4.78 is 10.3. The maximum atomic E-state index is 12.2. The predicted molar refractivity (Wildman–Crippen MR) is 116 cm³/mol. The number of carbonyl (C=O) groups is 1. The summed E-state index contributed by atoms with van der Waals surface area (Å²) >= 11 is 0. The molecule has 3 N–H and O–H groups in total. The average Bonchev–Trinajstić information content (AvgIpc) is 2.77. The summed E-state index contributed by atoms with van der Waals surface area (Å²) in [7, 11) is 3.26. The molecule has 2 rings (SSSR count). The van der Waals surface area contributed by atoms with Crippen molar-refractivity contribution in [3.8, 4) is 11.5 Å². The molecule has 0 atom stereocenters. The van der Waals surface area contributed by atoms with Crippen LogP contribution >= 0.6 is 0 Å².